The highest BCUT2D eigenvalue weighted by molar-refractivity contribution is 5.78. The average molecular weight is 223 g/mol. The molecule has 0 aliphatic heterocycles. The molecule has 5 heteroatoms. The molecule has 16 heavy (non-hydrogen) atoms. The fourth-order valence-electron chi connectivity index (χ4n) is 1.34. The number of ether oxygens (including phenoxy) is 1. The van der Waals surface area contributed by atoms with E-state index in [0.717, 1.165) is 5.69 Å². The summed E-state index contributed by atoms with van der Waals surface area (Å²) in [5.74, 6) is 1.04. The van der Waals surface area contributed by atoms with Gasteiger partial charge in [-0.15, -0.1) is 0 Å². The van der Waals surface area contributed by atoms with Gasteiger partial charge in [-0.2, -0.15) is 0 Å². The van der Waals surface area contributed by atoms with Gasteiger partial charge < -0.3 is 10.1 Å². The van der Waals surface area contributed by atoms with E-state index in [1.165, 1.54) is 0 Å². The minimum absolute atomic E-state index is 0.281. The molecule has 0 aliphatic rings. The van der Waals surface area contributed by atoms with Gasteiger partial charge in [-0.3, -0.25) is 0 Å². The molecule has 5 nitrogen and oxygen atoms in total. The lowest BCUT2D eigenvalue weighted by Crippen LogP contribution is -2.28. The zero-order valence-electron chi connectivity index (χ0n) is 10.1. The molecule has 1 unspecified atom stereocenters. The summed E-state index contributed by atoms with van der Waals surface area (Å²) >= 11 is 0. The number of esters is 1. The number of carbonyl (C=O) groups is 1. The molecule has 0 bridgehead atoms. The smallest absolute Gasteiger partial charge is 0.328 e. The number of aryl methyl sites for hydroxylation is 2. The van der Waals surface area contributed by atoms with Crippen molar-refractivity contribution in [2.75, 3.05) is 11.9 Å². The first-order valence-corrected chi connectivity index (χ1v) is 5.28. The molecule has 0 aliphatic carbocycles. The number of nitrogens with zero attached hydrogens (tertiary/aromatic N) is 2. The lowest BCUT2D eigenvalue weighted by atomic mass is 10.3. The second-order valence-electron chi connectivity index (χ2n) is 3.56. The van der Waals surface area contributed by atoms with Gasteiger partial charge in [-0.1, -0.05) is 0 Å². The Balaban J connectivity index is 2.69. The van der Waals surface area contributed by atoms with Crippen LogP contribution in [-0.4, -0.2) is 28.6 Å². The summed E-state index contributed by atoms with van der Waals surface area (Å²) in [5.41, 5.74) is 0.867. The van der Waals surface area contributed by atoms with Crippen LogP contribution in [0.4, 0.5) is 5.82 Å². The first kappa shape index (κ1) is 12.4. The number of rotatable bonds is 4. The second-order valence-corrected chi connectivity index (χ2v) is 3.56. The van der Waals surface area contributed by atoms with Crippen molar-refractivity contribution in [1.29, 1.82) is 0 Å². The van der Waals surface area contributed by atoms with Gasteiger partial charge in [-0.05, 0) is 27.7 Å². The number of carbonyl (C=O) groups excluding carboxylic acids is 1. The molecule has 0 spiro atoms. The summed E-state index contributed by atoms with van der Waals surface area (Å²) in [7, 11) is 0. The van der Waals surface area contributed by atoms with Gasteiger partial charge in [0.25, 0.3) is 0 Å². The third-order valence-corrected chi connectivity index (χ3v) is 1.97. The average Bonchev–Trinajstić information content (AvgIpc) is 2.16. The maximum Gasteiger partial charge on any atom is 0.328 e. The number of hydrogen-bond acceptors (Lipinski definition) is 5. The van der Waals surface area contributed by atoms with Crippen LogP contribution < -0.4 is 5.32 Å². The maximum atomic E-state index is 11.4. The fourth-order valence-corrected chi connectivity index (χ4v) is 1.34. The highest BCUT2D eigenvalue weighted by Crippen LogP contribution is 2.07. The molecule has 88 valence electrons. The molecule has 0 radical (unpaired) electrons. The Morgan fingerprint density at radius 1 is 1.50 bits per heavy atom. The zero-order valence-corrected chi connectivity index (χ0v) is 10.1. The van der Waals surface area contributed by atoms with Crippen LogP contribution in [0.25, 0.3) is 0 Å². The minimum Gasteiger partial charge on any atom is -0.464 e. The molecule has 0 aromatic carbocycles. The van der Waals surface area contributed by atoms with E-state index in [-0.39, 0.29) is 5.97 Å². The summed E-state index contributed by atoms with van der Waals surface area (Å²) in [6.07, 6.45) is 0. The maximum absolute atomic E-state index is 11.4. The van der Waals surface area contributed by atoms with E-state index in [4.69, 9.17) is 4.74 Å². The van der Waals surface area contributed by atoms with Crippen molar-refractivity contribution in [3.8, 4) is 0 Å². The van der Waals surface area contributed by atoms with Gasteiger partial charge in [-0.25, -0.2) is 14.8 Å². The molecular formula is C11H17N3O2. The monoisotopic (exact) mass is 223 g/mol. The number of hydrogen-bond donors (Lipinski definition) is 1. The number of anilines is 1. The quantitative estimate of drug-likeness (QED) is 0.783. The van der Waals surface area contributed by atoms with Crippen molar-refractivity contribution in [3.05, 3.63) is 17.6 Å². The van der Waals surface area contributed by atoms with Crippen LogP contribution in [0, 0.1) is 13.8 Å². The van der Waals surface area contributed by atoms with Gasteiger partial charge >= 0.3 is 5.97 Å². The van der Waals surface area contributed by atoms with Gasteiger partial charge in [0.15, 0.2) is 0 Å². The number of aromatic nitrogens is 2. The van der Waals surface area contributed by atoms with Crippen molar-refractivity contribution in [2.45, 2.75) is 33.7 Å². The molecule has 1 aromatic rings. The van der Waals surface area contributed by atoms with E-state index in [0.29, 0.717) is 18.2 Å². The van der Waals surface area contributed by atoms with Crippen molar-refractivity contribution in [1.82, 2.24) is 9.97 Å². The molecule has 0 saturated heterocycles. The lowest BCUT2D eigenvalue weighted by Gasteiger charge is -2.13. The molecule has 0 amide bonds. The predicted octanol–water partition coefficient (Wildman–Crippen LogP) is 1.46. The highest BCUT2D eigenvalue weighted by Gasteiger charge is 2.14. The van der Waals surface area contributed by atoms with Crippen molar-refractivity contribution >= 4 is 11.8 Å². The van der Waals surface area contributed by atoms with Crippen LogP contribution in [0.1, 0.15) is 25.4 Å². The van der Waals surface area contributed by atoms with Crippen LogP contribution in [-0.2, 0) is 9.53 Å². The predicted molar refractivity (Wildman–Crippen MR) is 61.2 cm³/mol. The highest BCUT2D eigenvalue weighted by atomic mass is 16.5. The lowest BCUT2D eigenvalue weighted by molar-refractivity contribution is -0.143. The molecule has 1 aromatic heterocycles. The van der Waals surface area contributed by atoms with Gasteiger partial charge in [0.2, 0.25) is 0 Å². The normalized spacial score (nSPS) is 12.0. The summed E-state index contributed by atoms with van der Waals surface area (Å²) in [5, 5.41) is 2.98. The topological polar surface area (TPSA) is 64.1 Å². The van der Waals surface area contributed by atoms with E-state index in [1.807, 2.05) is 13.8 Å². The van der Waals surface area contributed by atoms with Gasteiger partial charge in [0, 0.05) is 11.8 Å². The second kappa shape index (κ2) is 5.44. The Hall–Kier alpha value is -1.65. The molecule has 0 fully saturated rings. The van der Waals surface area contributed by atoms with Crippen LogP contribution in [0.5, 0.6) is 0 Å². The molecule has 1 atom stereocenters. The van der Waals surface area contributed by atoms with E-state index < -0.39 is 6.04 Å². The third-order valence-electron chi connectivity index (χ3n) is 1.97. The van der Waals surface area contributed by atoms with E-state index in [1.54, 1.807) is 19.9 Å². The Morgan fingerprint density at radius 3 is 2.75 bits per heavy atom. The largest absolute Gasteiger partial charge is 0.464 e. The first-order chi connectivity index (χ1) is 7.52. The Labute approximate surface area is 95.3 Å². The summed E-state index contributed by atoms with van der Waals surface area (Å²) in [6.45, 7) is 7.60. The summed E-state index contributed by atoms with van der Waals surface area (Å²) in [6, 6.07) is 1.39. The molecule has 0 saturated carbocycles. The Kier molecular flexibility index (Phi) is 4.22. The van der Waals surface area contributed by atoms with Crippen molar-refractivity contribution < 1.29 is 9.53 Å². The van der Waals surface area contributed by atoms with Crippen molar-refractivity contribution in [3.63, 3.8) is 0 Å². The standard InChI is InChI=1S/C11H17N3O2/c1-5-16-11(15)8(3)13-10-6-7(2)12-9(4)14-10/h6,8H,5H2,1-4H3,(H,12,13,14). The number of nitrogens with one attached hydrogen (secondary N) is 1. The van der Waals surface area contributed by atoms with Gasteiger partial charge in [0.05, 0.1) is 6.61 Å². The van der Waals surface area contributed by atoms with Crippen LogP contribution in [0.15, 0.2) is 6.07 Å². The van der Waals surface area contributed by atoms with E-state index in [9.17, 15) is 4.79 Å². The first-order valence-electron chi connectivity index (χ1n) is 5.28. The SMILES string of the molecule is CCOC(=O)C(C)Nc1cc(C)nc(C)n1. The van der Waals surface area contributed by atoms with E-state index in [2.05, 4.69) is 15.3 Å². The molecule has 1 heterocycles. The van der Waals surface area contributed by atoms with Crippen LogP contribution in [0.2, 0.25) is 0 Å². The molecule has 1 N–H and O–H groups in total. The van der Waals surface area contributed by atoms with Crippen LogP contribution >= 0.6 is 0 Å². The summed E-state index contributed by atoms with van der Waals surface area (Å²) in [4.78, 5) is 19.7. The third kappa shape index (κ3) is 3.49. The van der Waals surface area contributed by atoms with Gasteiger partial charge in [0.1, 0.15) is 17.7 Å². The Bertz CT molecular complexity index is 359. The molecule has 1 rings (SSSR count). The van der Waals surface area contributed by atoms with Crippen molar-refractivity contribution in [2.24, 2.45) is 0 Å². The molecular weight excluding hydrogens is 206 g/mol. The van der Waals surface area contributed by atoms with E-state index >= 15 is 0 Å². The fraction of sp³-hybridized carbons (Fsp3) is 0.545. The summed E-state index contributed by atoms with van der Waals surface area (Å²) < 4.78 is 4.89. The van der Waals surface area contributed by atoms with Crippen LogP contribution in [0.3, 0.4) is 0 Å². The Morgan fingerprint density at radius 2 is 2.19 bits per heavy atom. The minimum atomic E-state index is -0.409. The zero-order chi connectivity index (χ0) is 12.1.